The van der Waals surface area contributed by atoms with Crippen molar-refractivity contribution < 1.29 is 38.1 Å². The van der Waals surface area contributed by atoms with Crippen molar-refractivity contribution in [3.8, 4) is 5.75 Å². The first-order valence-corrected chi connectivity index (χ1v) is 14.7. The molecule has 0 saturated heterocycles. The van der Waals surface area contributed by atoms with Gasteiger partial charge in [0.2, 0.25) is 0 Å². The van der Waals surface area contributed by atoms with E-state index in [1.807, 2.05) is 54.1 Å². The first kappa shape index (κ1) is 33.7. The van der Waals surface area contributed by atoms with Gasteiger partial charge in [-0.2, -0.15) is 4.57 Å². The lowest BCUT2D eigenvalue weighted by molar-refractivity contribution is -0.698. The molecule has 0 fully saturated rings. The molecule has 208 valence electrons. The number of hydrogen-bond donors (Lipinski definition) is 1. The third kappa shape index (κ3) is 13.3. The minimum atomic E-state index is -0.157. The number of carbonyl (C=O) groups is 1. The summed E-state index contributed by atoms with van der Waals surface area (Å²) in [4.78, 5) is 12.8. The molecule has 0 radical (unpaired) electrons. The molecule has 1 unspecified atom stereocenters. The zero-order valence-electron chi connectivity index (χ0n) is 23.2. The molecule has 4 nitrogen and oxygen atoms in total. The number of halogens is 2. The number of benzene rings is 1. The van der Waals surface area contributed by atoms with Crippen LogP contribution >= 0.6 is 11.6 Å². The van der Waals surface area contributed by atoms with Crippen LogP contribution in [0.25, 0.3) is 0 Å². The molecule has 1 N–H and O–H groups in total. The molecule has 1 aromatic carbocycles. The van der Waals surface area contributed by atoms with E-state index in [1.165, 1.54) is 70.6 Å². The summed E-state index contributed by atoms with van der Waals surface area (Å²) in [6, 6.07) is 11.3. The van der Waals surface area contributed by atoms with E-state index in [0.717, 1.165) is 24.9 Å². The monoisotopic (exact) mass is 642 g/mol. The lowest BCUT2D eigenvalue weighted by Crippen LogP contribution is -3.00. The predicted octanol–water partition coefficient (Wildman–Crippen LogP) is 5.61. The van der Waals surface area contributed by atoms with Gasteiger partial charge >= 0.3 is 5.91 Å². The number of rotatable bonds is 19. The van der Waals surface area contributed by atoms with E-state index in [-0.39, 0.29) is 35.9 Å². The van der Waals surface area contributed by atoms with Gasteiger partial charge in [-0.25, -0.2) is 0 Å². The molecule has 0 aliphatic carbocycles. The average Bonchev–Trinajstić information content (AvgIpc) is 2.88. The number of nitrogens with one attached hydrogen (secondary N) is 1. The third-order valence-electron chi connectivity index (χ3n) is 6.70. The summed E-state index contributed by atoms with van der Waals surface area (Å²) < 4.78 is 7.92. The van der Waals surface area contributed by atoms with Gasteiger partial charge in [-0.05, 0) is 37.1 Å². The molecule has 0 aliphatic heterocycles. The summed E-state index contributed by atoms with van der Waals surface area (Å²) in [6.45, 7) is 7.86. The van der Waals surface area contributed by atoms with Gasteiger partial charge in [-0.1, -0.05) is 102 Å². The highest BCUT2D eigenvalue weighted by Gasteiger charge is 2.20. The van der Waals surface area contributed by atoms with Crippen LogP contribution in [0.4, 0.5) is 0 Å². The molecule has 2 aromatic rings. The van der Waals surface area contributed by atoms with Gasteiger partial charge in [0.25, 0.3) is 5.69 Å². The topological polar surface area (TPSA) is 42.2 Å². The van der Waals surface area contributed by atoms with Crippen molar-refractivity contribution in [2.24, 2.45) is 0 Å². The first-order chi connectivity index (χ1) is 17.6. The molecule has 0 aliphatic rings. The molecule has 0 spiro atoms. The van der Waals surface area contributed by atoms with Crippen molar-refractivity contribution in [3.63, 3.8) is 0 Å². The highest BCUT2D eigenvalue weighted by atomic mass is 127. The Morgan fingerprint density at radius 3 is 2.11 bits per heavy atom. The largest absolute Gasteiger partial charge is 1.00 e. The van der Waals surface area contributed by atoms with Crippen LogP contribution in [0.15, 0.2) is 42.6 Å². The number of unbranched alkanes of at least 4 members (excludes halogenated alkanes) is 11. The van der Waals surface area contributed by atoms with Crippen molar-refractivity contribution in [2.45, 2.75) is 117 Å². The van der Waals surface area contributed by atoms with Crippen molar-refractivity contribution in [1.29, 1.82) is 0 Å². The van der Waals surface area contributed by atoms with Crippen molar-refractivity contribution >= 4 is 17.5 Å². The number of nitrogens with zero attached hydrogens (tertiary/aromatic N) is 1. The fourth-order valence-electron chi connectivity index (χ4n) is 4.50. The second kappa shape index (κ2) is 20.6. The first-order valence-electron chi connectivity index (χ1n) is 14.3. The van der Waals surface area contributed by atoms with Crippen LogP contribution in [0.1, 0.15) is 126 Å². The summed E-state index contributed by atoms with van der Waals surface area (Å²) in [6.07, 6.45) is 18.9. The van der Waals surface area contributed by atoms with Crippen molar-refractivity contribution in [3.05, 3.63) is 58.9 Å². The second-order valence-corrected chi connectivity index (χ2v) is 10.3. The lowest BCUT2D eigenvalue weighted by atomic mass is 10.1. The number of ether oxygens (including phenoxy) is 1. The standard InChI is InChI=1S/C31H47ClN2O2.HI/c1-4-6-7-8-9-10-11-12-13-14-15-18-24-36-30-21-20-27(25-28(30)32)26(3)33-31(35)29-19-16-17-23-34(29)22-5-2;/h16-17,19-21,23,25-26H,4-15,18,22,24H2,1-3H3;1H. The van der Waals surface area contributed by atoms with Crippen molar-refractivity contribution in [2.75, 3.05) is 6.61 Å². The quantitative estimate of drug-likeness (QED) is 0.123. The molecule has 2 rings (SSSR count). The molecule has 1 heterocycles. The van der Waals surface area contributed by atoms with Gasteiger partial charge < -0.3 is 34.0 Å². The SMILES string of the molecule is CCCCCCCCCCCCCCOc1ccc(C(C)NC(=O)c2cccc[n+]2CCC)cc1Cl.[I-]. The Labute approximate surface area is 247 Å². The molecule has 1 aromatic heterocycles. The lowest BCUT2D eigenvalue weighted by Gasteiger charge is -2.16. The zero-order valence-corrected chi connectivity index (χ0v) is 26.2. The van der Waals surface area contributed by atoms with Crippen LogP contribution in [-0.2, 0) is 6.54 Å². The van der Waals surface area contributed by atoms with Crippen LogP contribution in [0.2, 0.25) is 5.02 Å². The molecule has 0 bridgehead atoms. The van der Waals surface area contributed by atoms with Crippen LogP contribution in [0.5, 0.6) is 5.75 Å². The van der Waals surface area contributed by atoms with Crippen LogP contribution < -0.4 is 38.6 Å². The summed E-state index contributed by atoms with van der Waals surface area (Å²) in [7, 11) is 0. The van der Waals surface area contributed by atoms with E-state index in [1.54, 1.807) is 0 Å². The maximum atomic E-state index is 12.8. The summed E-state index contributed by atoms with van der Waals surface area (Å²) in [5.41, 5.74) is 1.63. The minimum absolute atomic E-state index is 0. The Bertz CT molecular complexity index is 893. The Balaban J connectivity index is 0.00000684. The number of amides is 1. The van der Waals surface area contributed by atoms with E-state index in [4.69, 9.17) is 16.3 Å². The molecule has 6 heteroatoms. The number of hydrogen-bond acceptors (Lipinski definition) is 2. The van der Waals surface area contributed by atoms with E-state index >= 15 is 0 Å². The van der Waals surface area contributed by atoms with Crippen molar-refractivity contribution in [1.82, 2.24) is 5.32 Å². The zero-order chi connectivity index (χ0) is 26.0. The second-order valence-electron chi connectivity index (χ2n) is 9.90. The Kier molecular flexibility index (Phi) is 18.8. The predicted molar refractivity (Wildman–Crippen MR) is 151 cm³/mol. The van der Waals surface area contributed by atoms with E-state index in [2.05, 4.69) is 19.2 Å². The molecular weight excluding hydrogens is 595 g/mol. The number of aromatic nitrogens is 1. The number of aryl methyl sites for hydroxylation is 1. The number of pyridine rings is 1. The van der Waals surface area contributed by atoms with Crippen LogP contribution in [0.3, 0.4) is 0 Å². The Morgan fingerprint density at radius 2 is 1.51 bits per heavy atom. The highest BCUT2D eigenvalue weighted by Crippen LogP contribution is 2.28. The maximum Gasteiger partial charge on any atom is 0.316 e. The average molecular weight is 643 g/mol. The fraction of sp³-hybridized carbons (Fsp3) is 0.613. The van der Waals surface area contributed by atoms with Gasteiger partial charge in [0.05, 0.1) is 17.7 Å². The Morgan fingerprint density at radius 1 is 0.892 bits per heavy atom. The summed E-state index contributed by atoms with van der Waals surface area (Å²) in [5.74, 6) is 0.630. The van der Waals surface area contributed by atoms with Crippen LogP contribution in [-0.4, -0.2) is 12.5 Å². The molecule has 0 saturated carbocycles. The fourth-order valence-corrected chi connectivity index (χ4v) is 4.74. The summed E-state index contributed by atoms with van der Waals surface area (Å²) in [5, 5.41) is 3.69. The molecule has 37 heavy (non-hydrogen) atoms. The van der Waals surface area contributed by atoms with Gasteiger partial charge in [0.15, 0.2) is 6.20 Å². The Hall–Kier alpha value is -1.34. The maximum absolute atomic E-state index is 12.8. The highest BCUT2D eigenvalue weighted by molar-refractivity contribution is 6.32. The number of carbonyl (C=O) groups excluding carboxylic acids is 1. The molecule has 1 amide bonds. The van der Waals surface area contributed by atoms with Gasteiger partial charge in [-0.3, -0.25) is 4.79 Å². The van der Waals surface area contributed by atoms with E-state index in [9.17, 15) is 4.79 Å². The minimum Gasteiger partial charge on any atom is -1.00 e. The van der Waals surface area contributed by atoms with E-state index < -0.39 is 0 Å². The van der Waals surface area contributed by atoms with E-state index in [0.29, 0.717) is 23.1 Å². The molecule has 1 atom stereocenters. The smallest absolute Gasteiger partial charge is 0.316 e. The third-order valence-corrected chi connectivity index (χ3v) is 6.99. The van der Waals surface area contributed by atoms with Gasteiger partial charge in [-0.15, -0.1) is 0 Å². The van der Waals surface area contributed by atoms with Gasteiger partial charge in [0.1, 0.15) is 12.3 Å². The normalized spacial score (nSPS) is 11.6. The summed E-state index contributed by atoms with van der Waals surface area (Å²) >= 11 is 6.50. The van der Waals surface area contributed by atoms with Gasteiger partial charge in [0, 0.05) is 18.6 Å². The van der Waals surface area contributed by atoms with Crippen LogP contribution in [0, 0.1) is 0 Å². The molecular formula is C31H48ClIN2O2.